The molecule has 5 heteroatoms. The minimum absolute atomic E-state index is 0.285. The lowest BCUT2D eigenvalue weighted by Gasteiger charge is -2.21. The standard InChI is InChI=1S/C96H65N5/c1-96(2)87-42-23-21-40-81(87)83-60-86-85-58-69(67-36-25-37-68(48-67)76-51-71(62-26-9-3-10-27-62)52-77(53-76)70-45-46-90-84(59-70)82-41-22-24-43-89(82)100(90)80-38-19-8-20-39-80)44-47-91(85)101(92(86)61-88(83)96)95-98-93(78-54-72(63-28-11-4-12-29-63)49-73(55-78)64-30-13-5-14-31-64)97-94(99-95)79-56-74(65-32-15-6-16-33-65)50-75(57-79)66-34-17-7-18-35-66/h3-61H,1-2H3. The fourth-order valence-corrected chi connectivity index (χ4v) is 15.7. The van der Waals surface area contributed by atoms with Gasteiger partial charge in [-0.3, -0.25) is 4.57 Å². The summed E-state index contributed by atoms with van der Waals surface area (Å²) in [5, 5.41) is 4.67. The molecule has 0 radical (unpaired) electrons. The van der Waals surface area contributed by atoms with Crippen LogP contribution in [-0.4, -0.2) is 24.1 Å². The number of aromatic nitrogens is 5. The van der Waals surface area contributed by atoms with E-state index in [-0.39, 0.29) is 5.41 Å². The molecule has 5 nitrogen and oxygen atoms in total. The van der Waals surface area contributed by atoms with E-state index in [1.807, 2.05) is 0 Å². The summed E-state index contributed by atoms with van der Waals surface area (Å²) in [7, 11) is 0. The molecule has 1 aliphatic carbocycles. The van der Waals surface area contributed by atoms with Crippen molar-refractivity contribution < 1.29 is 0 Å². The molecule has 0 N–H and O–H groups in total. The number of hydrogen-bond donors (Lipinski definition) is 0. The van der Waals surface area contributed by atoms with E-state index in [4.69, 9.17) is 15.0 Å². The Kier molecular flexibility index (Phi) is 14.2. The van der Waals surface area contributed by atoms with Crippen molar-refractivity contribution in [1.82, 2.24) is 24.1 Å². The van der Waals surface area contributed by atoms with E-state index in [1.54, 1.807) is 0 Å². The number of benzene rings is 15. The molecule has 0 bridgehead atoms. The average molecular weight is 1290 g/mol. The van der Waals surface area contributed by atoms with Crippen LogP contribution >= 0.6 is 0 Å². The summed E-state index contributed by atoms with van der Waals surface area (Å²) < 4.78 is 4.69. The predicted octanol–water partition coefficient (Wildman–Crippen LogP) is 25.0. The van der Waals surface area contributed by atoms with Crippen molar-refractivity contribution in [1.29, 1.82) is 0 Å². The molecule has 0 unspecified atom stereocenters. The first kappa shape index (κ1) is 59.2. The van der Waals surface area contributed by atoms with Gasteiger partial charge in [0, 0.05) is 43.8 Å². The summed E-state index contributed by atoms with van der Waals surface area (Å²) in [6, 6.07) is 130. The van der Waals surface area contributed by atoms with E-state index in [0.29, 0.717) is 17.6 Å². The van der Waals surface area contributed by atoms with E-state index in [9.17, 15) is 0 Å². The van der Waals surface area contributed by atoms with Gasteiger partial charge in [-0.15, -0.1) is 0 Å². The Morgan fingerprint density at radius 2 is 0.554 bits per heavy atom. The third kappa shape index (κ3) is 10.4. The summed E-state index contributed by atoms with van der Waals surface area (Å²) >= 11 is 0. The topological polar surface area (TPSA) is 48.5 Å². The van der Waals surface area contributed by atoms with Crippen molar-refractivity contribution in [3.63, 3.8) is 0 Å². The molecular formula is C96H65N5. The average Bonchev–Trinajstić information content (AvgIpc) is 1.56. The Balaban J connectivity index is 0.814. The number of hydrogen-bond acceptors (Lipinski definition) is 3. The summed E-state index contributed by atoms with van der Waals surface area (Å²) in [6.07, 6.45) is 0. The maximum absolute atomic E-state index is 5.74. The first-order valence-corrected chi connectivity index (χ1v) is 34.7. The highest BCUT2D eigenvalue weighted by molar-refractivity contribution is 6.13. The molecule has 0 amide bonds. The number of nitrogens with zero attached hydrogens (tertiary/aromatic N) is 5. The lowest BCUT2D eigenvalue weighted by molar-refractivity contribution is 0.661. The fraction of sp³-hybridized carbons (Fsp3) is 0.0312. The highest BCUT2D eigenvalue weighted by Gasteiger charge is 2.36. The van der Waals surface area contributed by atoms with E-state index in [1.165, 1.54) is 49.6 Å². The van der Waals surface area contributed by atoms with Crippen molar-refractivity contribution in [3.8, 4) is 135 Å². The number of fused-ring (bicyclic) bond motifs is 9. The highest BCUT2D eigenvalue weighted by Crippen LogP contribution is 2.52. The minimum atomic E-state index is -0.285. The van der Waals surface area contributed by atoms with Crippen LogP contribution in [0.1, 0.15) is 25.0 Å². The molecule has 15 aromatic carbocycles. The van der Waals surface area contributed by atoms with Gasteiger partial charge in [-0.2, -0.15) is 9.97 Å². The van der Waals surface area contributed by atoms with Gasteiger partial charge in [-0.1, -0.05) is 257 Å². The zero-order valence-corrected chi connectivity index (χ0v) is 55.8. The number of rotatable bonds is 12. The summed E-state index contributed by atoms with van der Waals surface area (Å²) in [6.45, 7) is 4.72. The van der Waals surface area contributed by atoms with Crippen LogP contribution in [-0.2, 0) is 5.41 Å². The minimum Gasteiger partial charge on any atom is -0.309 e. The molecule has 0 atom stereocenters. The molecule has 101 heavy (non-hydrogen) atoms. The lowest BCUT2D eigenvalue weighted by atomic mass is 9.82. The molecular weight excluding hydrogens is 1220 g/mol. The first-order chi connectivity index (χ1) is 49.8. The second-order valence-electron chi connectivity index (χ2n) is 27.2. The van der Waals surface area contributed by atoms with Crippen molar-refractivity contribution in [3.05, 3.63) is 369 Å². The molecule has 0 saturated carbocycles. The first-order valence-electron chi connectivity index (χ1n) is 34.7. The van der Waals surface area contributed by atoms with Gasteiger partial charge in [0.15, 0.2) is 11.6 Å². The van der Waals surface area contributed by atoms with E-state index in [2.05, 4.69) is 381 Å². The fourth-order valence-electron chi connectivity index (χ4n) is 15.7. The van der Waals surface area contributed by atoms with Gasteiger partial charge in [-0.25, -0.2) is 4.98 Å². The van der Waals surface area contributed by atoms with Gasteiger partial charge in [0.2, 0.25) is 5.95 Å². The second kappa shape index (κ2) is 24.2. The third-order valence-electron chi connectivity index (χ3n) is 20.7. The molecule has 0 fully saturated rings. The monoisotopic (exact) mass is 1290 g/mol. The second-order valence-corrected chi connectivity index (χ2v) is 27.2. The van der Waals surface area contributed by atoms with Crippen molar-refractivity contribution in [2.75, 3.05) is 0 Å². The molecule has 19 rings (SSSR count). The van der Waals surface area contributed by atoms with Crippen LogP contribution in [0.3, 0.4) is 0 Å². The zero-order valence-electron chi connectivity index (χ0n) is 55.8. The Morgan fingerprint density at radius 3 is 1.06 bits per heavy atom. The van der Waals surface area contributed by atoms with Gasteiger partial charge in [-0.05, 0) is 227 Å². The summed E-state index contributed by atoms with van der Waals surface area (Å²) in [5.74, 6) is 1.67. The van der Waals surface area contributed by atoms with Gasteiger partial charge in [0.1, 0.15) is 0 Å². The third-order valence-corrected chi connectivity index (χ3v) is 20.7. The van der Waals surface area contributed by atoms with Crippen LogP contribution in [0.4, 0.5) is 0 Å². The zero-order chi connectivity index (χ0) is 67.1. The molecule has 1 aliphatic rings. The van der Waals surface area contributed by atoms with Gasteiger partial charge in [0.05, 0.1) is 22.1 Å². The van der Waals surface area contributed by atoms with Crippen LogP contribution in [0, 0.1) is 0 Å². The van der Waals surface area contributed by atoms with E-state index >= 15 is 0 Å². The Bertz CT molecular complexity index is 5990. The SMILES string of the molecule is CC1(C)c2ccccc2-c2cc3c4cc(-c5cccc(-c6cc(-c7ccccc7)cc(-c7ccc8c(c7)c7ccccc7n8-c7ccccc7)c6)c5)ccc4n(-c4nc(-c5cc(-c6ccccc6)cc(-c6ccccc6)c5)nc(-c5cc(-c6ccccc6)cc(-c6ccccc6)c5)n4)c3cc21. The molecule has 3 aromatic heterocycles. The Morgan fingerprint density at radius 1 is 0.208 bits per heavy atom. The van der Waals surface area contributed by atoms with Crippen LogP contribution in [0.25, 0.3) is 178 Å². The van der Waals surface area contributed by atoms with Crippen LogP contribution in [0.2, 0.25) is 0 Å². The smallest absolute Gasteiger partial charge is 0.238 e. The summed E-state index contributed by atoms with van der Waals surface area (Å²) in [5.41, 5.74) is 29.9. The quantitative estimate of drug-likeness (QED) is 0.122. The number of para-hydroxylation sites is 2. The van der Waals surface area contributed by atoms with Gasteiger partial charge in [0.25, 0.3) is 0 Å². The van der Waals surface area contributed by atoms with Gasteiger partial charge < -0.3 is 4.57 Å². The van der Waals surface area contributed by atoms with Crippen LogP contribution in [0.5, 0.6) is 0 Å². The molecule has 3 heterocycles. The summed E-state index contributed by atoms with van der Waals surface area (Å²) in [4.78, 5) is 17.1. The Labute approximate surface area is 586 Å². The molecule has 0 saturated heterocycles. The highest BCUT2D eigenvalue weighted by atomic mass is 15.2. The molecule has 0 spiro atoms. The molecule has 0 aliphatic heterocycles. The normalized spacial score (nSPS) is 12.3. The molecule has 18 aromatic rings. The van der Waals surface area contributed by atoms with E-state index < -0.39 is 0 Å². The van der Waals surface area contributed by atoms with E-state index in [0.717, 1.165) is 122 Å². The van der Waals surface area contributed by atoms with Crippen molar-refractivity contribution in [2.45, 2.75) is 19.3 Å². The van der Waals surface area contributed by atoms with Crippen molar-refractivity contribution in [2.24, 2.45) is 0 Å². The maximum Gasteiger partial charge on any atom is 0.238 e. The van der Waals surface area contributed by atoms with Gasteiger partial charge >= 0.3 is 0 Å². The van der Waals surface area contributed by atoms with Crippen LogP contribution in [0.15, 0.2) is 358 Å². The molecule has 474 valence electrons. The van der Waals surface area contributed by atoms with Crippen LogP contribution < -0.4 is 0 Å². The lowest BCUT2D eigenvalue weighted by Crippen LogP contribution is -2.15. The Hall–Kier alpha value is -13.1. The maximum atomic E-state index is 5.74. The van der Waals surface area contributed by atoms with Crippen molar-refractivity contribution >= 4 is 43.6 Å². The predicted molar refractivity (Wildman–Crippen MR) is 420 cm³/mol. The largest absolute Gasteiger partial charge is 0.309 e.